The van der Waals surface area contributed by atoms with Crippen LogP contribution in [0.5, 0.6) is 0 Å². The van der Waals surface area contributed by atoms with E-state index in [-0.39, 0.29) is 0 Å². The van der Waals surface area contributed by atoms with Crippen LogP contribution in [0.2, 0.25) is 0 Å². The highest BCUT2D eigenvalue weighted by molar-refractivity contribution is 5.63. The molecule has 94 valence electrons. The molecule has 0 aliphatic rings. The fraction of sp³-hybridized carbons (Fsp3) is 0.286. The molecule has 2 rings (SSSR count). The number of hydrogen-bond donors (Lipinski definition) is 1. The highest BCUT2D eigenvalue weighted by Crippen LogP contribution is 2.26. The molecule has 0 saturated carbocycles. The second-order valence-corrected chi connectivity index (χ2v) is 4.36. The number of nitrogens with one attached hydrogen (secondary N) is 1. The predicted molar refractivity (Wildman–Crippen MR) is 75.6 cm³/mol. The van der Waals surface area contributed by atoms with Crippen LogP contribution >= 0.6 is 0 Å². The molecule has 0 aliphatic heterocycles. The molecule has 1 N–H and O–H groups in total. The lowest BCUT2D eigenvalue weighted by Crippen LogP contribution is -2.13. The minimum Gasteiger partial charge on any atom is -0.372 e. The first-order valence-corrected chi connectivity index (χ1v) is 5.92. The van der Waals surface area contributed by atoms with E-state index < -0.39 is 0 Å². The third-order valence-corrected chi connectivity index (χ3v) is 2.94. The molecule has 1 heterocycles. The van der Waals surface area contributed by atoms with Crippen LogP contribution in [-0.2, 0) is 0 Å². The number of anilines is 3. The Labute approximate surface area is 108 Å². The molecule has 0 amide bonds. The van der Waals surface area contributed by atoms with Gasteiger partial charge in [-0.15, -0.1) is 0 Å². The van der Waals surface area contributed by atoms with Crippen LogP contribution in [0.4, 0.5) is 17.3 Å². The van der Waals surface area contributed by atoms with Crippen LogP contribution in [0.3, 0.4) is 0 Å². The molecule has 4 heteroatoms. The first-order chi connectivity index (χ1) is 8.61. The summed E-state index contributed by atoms with van der Waals surface area (Å²) in [5, 5.41) is 3.00. The highest BCUT2D eigenvalue weighted by Gasteiger charge is 2.09. The number of hydrogen-bond acceptors (Lipinski definition) is 4. The van der Waals surface area contributed by atoms with Gasteiger partial charge in [0.1, 0.15) is 5.82 Å². The van der Waals surface area contributed by atoms with E-state index in [4.69, 9.17) is 0 Å². The van der Waals surface area contributed by atoms with E-state index in [0.717, 1.165) is 17.3 Å². The second-order valence-electron chi connectivity index (χ2n) is 4.36. The van der Waals surface area contributed by atoms with E-state index in [0.29, 0.717) is 0 Å². The van der Waals surface area contributed by atoms with E-state index in [1.807, 2.05) is 19.0 Å². The minimum atomic E-state index is 0.768. The summed E-state index contributed by atoms with van der Waals surface area (Å²) in [4.78, 5) is 10.7. The van der Waals surface area contributed by atoms with Crippen LogP contribution < -0.4 is 10.2 Å². The smallest absolute Gasteiger partial charge is 0.153 e. The van der Waals surface area contributed by atoms with Crippen molar-refractivity contribution in [2.45, 2.75) is 13.8 Å². The minimum absolute atomic E-state index is 0.768. The van der Waals surface area contributed by atoms with Crippen LogP contribution in [0, 0.1) is 13.8 Å². The van der Waals surface area contributed by atoms with Crippen molar-refractivity contribution in [2.24, 2.45) is 0 Å². The summed E-state index contributed by atoms with van der Waals surface area (Å²) in [6, 6.07) is 6.38. The quantitative estimate of drug-likeness (QED) is 0.898. The number of benzene rings is 1. The van der Waals surface area contributed by atoms with E-state index in [1.165, 1.54) is 11.1 Å². The Morgan fingerprint density at radius 2 is 1.94 bits per heavy atom. The van der Waals surface area contributed by atoms with Crippen molar-refractivity contribution in [3.63, 3.8) is 0 Å². The molecule has 0 radical (unpaired) electrons. The summed E-state index contributed by atoms with van der Waals surface area (Å²) in [5.74, 6) is 1.60. The molecule has 18 heavy (non-hydrogen) atoms. The fourth-order valence-electron chi connectivity index (χ4n) is 1.94. The first-order valence-electron chi connectivity index (χ1n) is 5.92. The predicted octanol–water partition coefficient (Wildman–Crippen LogP) is 2.90. The molecule has 0 spiro atoms. The molecule has 0 fully saturated rings. The van der Waals surface area contributed by atoms with Gasteiger partial charge in [-0.25, -0.2) is 4.98 Å². The first kappa shape index (κ1) is 12.4. The molecule has 2 aromatic rings. The van der Waals surface area contributed by atoms with Gasteiger partial charge in [-0.3, -0.25) is 4.98 Å². The lowest BCUT2D eigenvalue weighted by Gasteiger charge is -2.20. The molecule has 0 bridgehead atoms. The van der Waals surface area contributed by atoms with Crippen molar-refractivity contribution in [1.82, 2.24) is 9.97 Å². The summed E-state index contributed by atoms with van der Waals surface area (Å²) in [6.07, 6.45) is 3.47. The van der Waals surface area contributed by atoms with E-state index in [9.17, 15) is 0 Å². The zero-order valence-electron chi connectivity index (χ0n) is 11.2. The van der Waals surface area contributed by atoms with Crippen molar-refractivity contribution >= 4 is 17.3 Å². The Balaban J connectivity index is 2.37. The molecular formula is C14H18N4. The third kappa shape index (κ3) is 2.42. The van der Waals surface area contributed by atoms with Gasteiger partial charge in [0, 0.05) is 19.8 Å². The van der Waals surface area contributed by atoms with Gasteiger partial charge in [-0.2, -0.15) is 0 Å². The van der Waals surface area contributed by atoms with E-state index in [1.54, 1.807) is 12.4 Å². The lowest BCUT2D eigenvalue weighted by atomic mass is 10.1. The lowest BCUT2D eigenvalue weighted by molar-refractivity contribution is 1.08. The van der Waals surface area contributed by atoms with E-state index >= 15 is 0 Å². The van der Waals surface area contributed by atoms with Crippen LogP contribution in [0.25, 0.3) is 0 Å². The third-order valence-electron chi connectivity index (χ3n) is 2.94. The van der Waals surface area contributed by atoms with Gasteiger partial charge < -0.3 is 10.2 Å². The zero-order chi connectivity index (χ0) is 13.1. The van der Waals surface area contributed by atoms with Gasteiger partial charge in [0.25, 0.3) is 0 Å². The average molecular weight is 242 g/mol. The van der Waals surface area contributed by atoms with Crippen molar-refractivity contribution in [3.05, 3.63) is 41.7 Å². The molecular weight excluding hydrogens is 224 g/mol. The number of rotatable bonds is 3. The topological polar surface area (TPSA) is 41.1 Å². The molecule has 0 aliphatic carbocycles. The van der Waals surface area contributed by atoms with Crippen molar-refractivity contribution in [2.75, 3.05) is 24.3 Å². The van der Waals surface area contributed by atoms with Crippen molar-refractivity contribution in [3.8, 4) is 0 Å². The van der Waals surface area contributed by atoms with Gasteiger partial charge in [-0.05, 0) is 25.5 Å². The van der Waals surface area contributed by atoms with Gasteiger partial charge in [0.05, 0.1) is 12.4 Å². The molecule has 1 aromatic heterocycles. The SMILES string of the molecule is CNc1cncc(N(C)c2ccc(C)cc2C)n1. The number of aromatic nitrogens is 2. The molecule has 1 aromatic carbocycles. The average Bonchev–Trinajstić information content (AvgIpc) is 2.38. The summed E-state index contributed by atoms with van der Waals surface area (Å²) in [5.41, 5.74) is 3.64. The van der Waals surface area contributed by atoms with Crippen LogP contribution in [-0.4, -0.2) is 24.1 Å². The Kier molecular flexibility index (Phi) is 3.46. The molecule has 0 atom stereocenters. The standard InChI is InChI=1S/C14H18N4/c1-10-5-6-12(11(2)7-10)18(4)14-9-16-8-13(15-3)17-14/h5-9H,1-4H3,(H,15,17). The Bertz CT molecular complexity index is 551. The summed E-state index contributed by atoms with van der Waals surface area (Å²) < 4.78 is 0. The Hall–Kier alpha value is -2.10. The molecule has 0 saturated heterocycles. The molecule has 0 unspecified atom stereocenters. The van der Waals surface area contributed by atoms with Gasteiger partial charge >= 0.3 is 0 Å². The van der Waals surface area contributed by atoms with Gasteiger partial charge in [0.2, 0.25) is 0 Å². The number of nitrogens with zero attached hydrogens (tertiary/aromatic N) is 3. The normalized spacial score (nSPS) is 10.2. The largest absolute Gasteiger partial charge is 0.372 e. The maximum absolute atomic E-state index is 4.48. The van der Waals surface area contributed by atoms with Crippen LogP contribution in [0.1, 0.15) is 11.1 Å². The summed E-state index contributed by atoms with van der Waals surface area (Å²) >= 11 is 0. The summed E-state index contributed by atoms with van der Waals surface area (Å²) in [7, 11) is 3.84. The molecule has 4 nitrogen and oxygen atoms in total. The highest BCUT2D eigenvalue weighted by atomic mass is 15.2. The maximum Gasteiger partial charge on any atom is 0.153 e. The monoisotopic (exact) mass is 242 g/mol. The van der Waals surface area contributed by atoms with Gasteiger partial charge in [0.15, 0.2) is 5.82 Å². The Morgan fingerprint density at radius 3 is 2.61 bits per heavy atom. The Morgan fingerprint density at radius 1 is 1.17 bits per heavy atom. The fourth-order valence-corrected chi connectivity index (χ4v) is 1.94. The zero-order valence-corrected chi connectivity index (χ0v) is 11.2. The number of aryl methyl sites for hydroxylation is 2. The maximum atomic E-state index is 4.48. The summed E-state index contributed by atoms with van der Waals surface area (Å²) in [6.45, 7) is 4.20. The van der Waals surface area contributed by atoms with Crippen molar-refractivity contribution < 1.29 is 0 Å². The van der Waals surface area contributed by atoms with Crippen molar-refractivity contribution in [1.29, 1.82) is 0 Å². The van der Waals surface area contributed by atoms with E-state index in [2.05, 4.69) is 47.3 Å². The van der Waals surface area contributed by atoms with Gasteiger partial charge in [-0.1, -0.05) is 17.7 Å². The van der Waals surface area contributed by atoms with Crippen LogP contribution in [0.15, 0.2) is 30.6 Å². The second kappa shape index (κ2) is 5.04.